The van der Waals surface area contributed by atoms with Gasteiger partial charge in [-0.25, -0.2) is 4.98 Å². The maximum atomic E-state index is 9.13. The number of nitrogens with zero attached hydrogens (tertiary/aromatic N) is 2. The minimum absolute atomic E-state index is 0.143. The average Bonchev–Trinajstić information content (AvgIpc) is 2.95. The van der Waals surface area contributed by atoms with Crippen LogP contribution >= 0.6 is 0 Å². The van der Waals surface area contributed by atoms with E-state index in [1.165, 1.54) is 18.5 Å². The number of aliphatic hydroxyl groups excluding tert-OH is 1. The van der Waals surface area contributed by atoms with E-state index in [9.17, 15) is 0 Å². The Morgan fingerprint density at radius 1 is 1.60 bits per heavy atom. The first kappa shape index (κ1) is 10.6. The fraction of sp³-hybridized carbons (Fsp3) is 0.727. The van der Waals surface area contributed by atoms with Crippen LogP contribution in [0.25, 0.3) is 0 Å². The Hall–Kier alpha value is -0.870. The minimum atomic E-state index is -0.224. The average molecular weight is 209 g/mol. The van der Waals surface area contributed by atoms with Gasteiger partial charge in [0.05, 0.1) is 18.6 Å². The minimum Gasteiger partial charge on any atom is -0.394 e. The van der Waals surface area contributed by atoms with Gasteiger partial charge in [-0.1, -0.05) is 0 Å². The van der Waals surface area contributed by atoms with Crippen LogP contribution in [0.1, 0.15) is 38.4 Å². The van der Waals surface area contributed by atoms with Gasteiger partial charge in [-0.15, -0.1) is 0 Å². The van der Waals surface area contributed by atoms with Crippen molar-refractivity contribution in [1.82, 2.24) is 14.9 Å². The lowest BCUT2D eigenvalue weighted by Gasteiger charge is -2.23. The maximum absolute atomic E-state index is 9.13. The molecule has 0 unspecified atom stereocenters. The number of hydrogen-bond donors (Lipinski definition) is 2. The van der Waals surface area contributed by atoms with Crippen molar-refractivity contribution in [1.29, 1.82) is 0 Å². The van der Waals surface area contributed by atoms with Crippen molar-refractivity contribution >= 4 is 0 Å². The summed E-state index contributed by atoms with van der Waals surface area (Å²) in [6, 6.07) is 0.668. The van der Waals surface area contributed by atoms with E-state index in [0.29, 0.717) is 6.04 Å². The normalized spacial score (nSPS) is 17.0. The topological polar surface area (TPSA) is 50.1 Å². The number of hydrogen-bond acceptors (Lipinski definition) is 3. The molecule has 4 nitrogen and oxygen atoms in total. The number of aliphatic hydroxyl groups is 1. The standard InChI is InChI=1S/C11H19N3O/c1-11(2,7-15)13-6-10-5-12-8-14(10)9-3-4-9/h5,8-9,13,15H,3-4,6-7H2,1-2H3. The predicted octanol–water partition coefficient (Wildman–Crippen LogP) is 1.08. The lowest BCUT2D eigenvalue weighted by Crippen LogP contribution is -2.42. The van der Waals surface area contributed by atoms with Gasteiger partial charge in [0.25, 0.3) is 0 Å². The second kappa shape index (κ2) is 3.94. The lowest BCUT2D eigenvalue weighted by molar-refractivity contribution is 0.186. The molecule has 1 aliphatic carbocycles. The zero-order chi connectivity index (χ0) is 10.9. The number of imidazole rings is 1. The molecule has 0 saturated heterocycles. The lowest BCUT2D eigenvalue weighted by atomic mass is 10.1. The monoisotopic (exact) mass is 209 g/mol. The van der Waals surface area contributed by atoms with Crippen molar-refractivity contribution in [3.05, 3.63) is 18.2 Å². The fourth-order valence-corrected chi connectivity index (χ4v) is 1.54. The molecule has 0 amide bonds. The van der Waals surface area contributed by atoms with Crippen LogP contribution in [-0.4, -0.2) is 26.8 Å². The molecule has 1 aliphatic rings. The summed E-state index contributed by atoms with van der Waals surface area (Å²) in [5, 5.41) is 12.5. The van der Waals surface area contributed by atoms with Gasteiger partial charge in [-0.3, -0.25) is 0 Å². The molecule has 0 radical (unpaired) electrons. The van der Waals surface area contributed by atoms with E-state index in [-0.39, 0.29) is 12.1 Å². The van der Waals surface area contributed by atoms with Gasteiger partial charge < -0.3 is 15.0 Å². The molecule has 4 heteroatoms. The van der Waals surface area contributed by atoms with E-state index in [1.54, 1.807) is 0 Å². The van der Waals surface area contributed by atoms with Gasteiger partial charge in [-0.2, -0.15) is 0 Å². The Balaban J connectivity index is 1.95. The molecule has 0 aromatic carbocycles. The quantitative estimate of drug-likeness (QED) is 0.763. The van der Waals surface area contributed by atoms with E-state index in [2.05, 4.69) is 14.9 Å². The molecular weight excluding hydrogens is 190 g/mol. The molecule has 15 heavy (non-hydrogen) atoms. The first-order chi connectivity index (χ1) is 7.12. The first-order valence-corrected chi connectivity index (χ1v) is 5.49. The van der Waals surface area contributed by atoms with Gasteiger partial charge >= 0.3 is 0 Å². The summed E-state index contributed by atoms with van der Waals surface area (Å²) in [5.41, 5.74) is 0.984. The third-order valence-electron chi connectivity index (χ3n) is 2.83. The molecule has 1 heterocycles. The van der Waals surface area contributed by atoms with Crippen molar-refractivity contribution < 1.29 is 5.11 Å². The Morgan fingerprint density at radius 3 is 2.93 bits per heavy atom. The Kier molecular flexibility index (Phi) is 2.80. The van der Waals surface area contributed by atoms with Crippen LogP contribution in [0.15, 0.2) is 12.5 Å². The molecule has 84 valence electrons. The maximum Gasteiger partial charge on any atom is 0.0951 e. The summed E-state index contributed by atoms with van der Waals surface area (Å²) < 4.78 is 2.24. The third-order valence-corrected chi connectivity index (χ3v) is 2.83. The highest BCUT2D eigenvalue weighted by atomic mass is 16.3. The van der Waals surface area contributed by atoms with Gasteiger partial charge in [0, 0.05) is 24.3 Å². The molecule has 1 aromatic rings. The van der Waals surface area contributed by atoms with Gasteiger partial charge in [-0.05, 0) is 26.7 Å². The summed E-state index contributed by atoms with van der Waals surface area (Å²) in [6.07, 6.45) is 6.35. The van der Waals surface area contributed by atoms with Crippen LogP contribution in [-0.2, 0) is 6.54 Å². The smallest absolute Gasteiger partial charge is 0.0951 e. The van der Waals surface area contributed by atoms with Crippen LogP contribution in [0.2, 0.25) is 0 Å². The van der Waals surface area contributed by atoms with Crippen molar-refractivity contribution in [3.8, 4) is 0 Å². The third kappa shape index (κ3) is 2.58. The molecular formula is C11H19N3O. The number of rotatable bonds is 5. The van der Waals surface area contributed by atoms with Gasteiger partial charge in [0.1, 0.15) is 0 Å². The zero-order valence-electron chi connectivity index (χ0n) is 9.40. The molecule has 1 saturated carbocycles. The predicted molar refractivity (Wildman–Crippen MR) is 58.5 cm³/mol. The summed E-state index contributed by atoms with van der Waals surface area (Å²) in [7, 11) is 0. The van der Waals surface area contributed by atoms with Gasteiger partial charge in [0.2, 0.25) is 0 Å². The molecule has 0 bridgehead atoms. The highest BCUT2D eigenvalue weighted by Crippen LogP contribution is 2.35. The van der Waals surface area contributed by atoms with E-state index < -0.39 is 0 Å². The molecule has 1 aromatic heterocycles. The first-order valence-electron chi connectivity index (χ1n) is 5.49. The molecule has 0 aliphatic heterocycles. The van der Waals surface area contributed by atoms with Crippen LogP contribution in [0, 0.1) is 0 Å². The van der Waals surface area contributed by atoms with E-state index in [0.717, 1.165) is 6.54 Å². The Bertz CT molecular complexity index is 328. The molecule has 0 atom stereocenters. The van der Waals surface area contributed by atoms with Crippen LogP contribution < -0.4 is 5.32 Å². The summed E-state index contributed by atoms with van der Waals surface area (Å²) in [5.74, 6) is 0. The molecule has 2 rings (SSSR count). The Labute approximate surface area is 90.3 Å². The molecule has 1 fully saturated rings. The highest BCUT2D eigenvalue weighted by molar-refractivity contribution is 5.03. The highest BCUT2D eigenvalue weighted by Gasteiger charge is 2.25. The second-order valence-corrected chi connectivity index (χ2v) is 4.92. The summed E-state index contributed by atoms with van der Waals surface area (Å²) in [4.78, 5) is 4.17. The van der Waals surface area contributed by atoms with Crippen molar-refractivity contribution in [2.75, 3.05) is 6.61 Å². The largest absolute Gasteiger partial charge is 0.394 e. The number of aromatic nitrogens is 2. The molecule has 2 N–H and O–H groups in total. The SMILES string of the molecule is CC(C)(CO)NCc1cncn1C1CC1. The fourth-order valence-electron chi connectivity index (χ4n) is 1.54. The van der Waals surface area contributed by atoms with Crippen LogP contribution in [0.3, 0.4) is 0 Å². The van der Waals surface area contributed by atoms with E-state index in [4.69, 9.17) is 5.11 Å². The van der Waals surface area contributed by atoms with E-state index >= 15 is 0 Å². The summed E-state index contributed by atoms with van der Waals surface area (Å²) in [6.45, 7) is 4.89. The van der Waals surface area contributed by atoms with E-state index in [1.807, 2.05) is 26.4 Å². The Morgan fingerprint density at radius 2 is 2.33 bits per heavy atom. The van der Waals surface area contributed by atoms with Crippen LogP contribution in [0.5, 0.6) is 0 Å². The van der Waals surface area contributed by atoms with Crippen LogP contribution in [0.4, 0.5) is 0 Å². The van der Waals surface area contributed by atoms with Crippen molar-refractivity contribution in [2.45, 2.75) is 44.8 Å². The molecule has 0 spiro atoms. The van der Waals surface area contributed by atoms with Crippen molar-refractivity contribution in [2.24, 2.45) is 0 Å². The summed E-state index contributed by atoms with van der Waals surface area (Å²) >= 11 is 0. The van der Waals surface area contributed by atoms with Gasteiger partial charge in [0.15, 0.2) is 0 Å². The number of nitrogens with one attached hydrogen (secondary N) is 1. The second-order valence-electron chi connectivity index (χ2n) is 4.92. The zero-order valence-corrected chi connectivity index (χ0v) is 9.40. The van der Waals surface area contributed by atoms with Crippen molar-refractivity contribution in [3.63, 3.8) is 0 Å².